The van der Waals surface area contributed by atoms with Gasteiger partial charge in [0.15, 0.2) is 24.4 Å². The van der Waals surface area contributed by atoms with Gasteiger partial charge in [-0.05, 0) is 48.3 Å². The molecule has 5 nitrogen and oxygen atoms in total. The van der Waals surface area contributed by atoms with Crippen LogP contribution in [0.5, 0.6) is 11.5 Å². The molecular formula is C15H20BrNO4. The molecule has 0 radical (unpaired) electrons. The second-order valence-corrected chi connectivity index (χ2v) is 6.07. The van der Waals surface area contributed by atoms with E-state index in [1.54, 1.807) is 6.07 Å². The van der Waals surface area contributed by atoms with Crippen LogP contribution in [0.3, 0.4) is 0 Å². The monoisotopic (exact) mass is 357 g/mol. The average Bonchev–Trinajstić information content (AvgIpc) is 2.45. The summed E-state index contributed by atoms with van der Waals surface area (Å²) in [6, 6.07) is 3.17. The van der Waals surface area contributed by atoms with Crippen molar-refractivity contribution in [3.8, 4) is 11.5 Å². The molecule has 0 aliphatic carbocycles. The molecule has 0 heterocycles. The van der Waals surface area contributed by atoms with E-state index in [-0.39, 0.29) is 18.1 Å². The minimum Gasteiger partial charge on any atom is -0.493 e. The molecule has 0 spiro atoms. The highest BCUT2D eigenvalue weighted by molar-refractivity contribution is 9.10. The Balaban J connectivity index is 2.79. The predicted molar refractivity (Wildman–Crippen MR) is 84.1 cm³/mol. The van der Waals surface area contributed by atoms with Crippen LogP contribution in [-0.2, 0) is 4.79 Å². The van der Waals surface area contributed by atoms with Crippen LogP contribution in [0.25, 0.3) is 0 Å². The maximum Gasteiger partial charge on any atom is 0.258 e. The topological polar surface area (TPSA) is 64.6 Å². The van der Waals surface area contributed by atoms with Crippen molar-refractivity contribution in [1.29, 1.82) is 0 Å². The molecule has 0 aliphatic rings. The van der Waals surface area contributed by atoms with Crippen LogP contribution >= 0.6 is 15.9 Å². The van der Waals surface area contributed by atoms with Crippen LogP contribution < -0.4 is 14.8 Å². The van der Waals surface area contributed by atoms with Gasteiger partial charge in [-0.25, -0.2) is 0 Å². The smallest absolute Gasteiger partial charge is 0.258 e. The molecule has 1 N–H and O–H groups in total. The Kier molecular flexibility index (Phi) is 6.20. The lowest BCUT2D eigenvalue weighted by atomic mass is 10.0. The molecule has 0 fully saturated rings. The van der Waals surface area contributed by atoms with Crippen molar-refractivity contribution in [2.75, 3.05) is 13.7 Å². The summed E-state index contributed by atoms with van der Waals surface area (Å²) in [4.78, 5) is 22.8. The summed E-state index contributed by atoms with van der Waals surface area (Å²) in [5, 5.41) is 2.87. The number of hydrogen-bond acceptors (Lipinski definition) is 4. The minimum atomic E-state index is -0.280. The first kappa shape index (κ1) is 17.5. The fourth-order valence-corrected chi connectivity index (χ4v) is 1.97. The van der Waals surface area contributed by atoms with Crippen LogP contribution in [0.4, 0.5) is 0 Å². The number of ether oxygens (including phenoxy) is 2. The summed E-state index contributed by atoms with van der Waals surface area (Å²) in [6.07, 6.45) is 1.52. The zero-order valence-electron chi connectivity index (χ0n) is 12.7. The molecule has 21 heavy (non-hydrogen) atoms. The van der Waals surface area contributed by atoms with E-state index in [0.29, 0.717) is 27.8 Å². The van der Waals surface area contributed by atoms with Crippen LogP contribution in [0.15, 0.2) is 16.6 Å². The molecule has 0 aromatic heterocycles. The molecule has 1 amide bonds. The predicted octanol–water partition coefficient (Wildman–Crippen LogP) is 2.95. The van der Waals surface area contributed by atoms with Gasteiger partial charge in [-0.15, -0.1) is 0 Å². The van der Waals surface area contributed by atoms with E-state index in [1.165, 1.54) is 13.2 Å². The lowest BCUT2D eigenvalue weighted by Crippen LogP contribution is -2.44. The quantitative estimate of drug-likeness (QED) is 0.762. The molecule has 0 saturated heterocycles. The second kappa shape index (κ2) is 7.45. The van der Waals surface area contributed by atoms with Crippen LogP contribution in [0.1, 0.15) is 37.6 Å². The molecule has 1 aromatic carbocycles. The van der Waals surface area contributed by atoms with Crippen molar-refractivity contribution in [2.24, 2.45) is 0 Å². The van der Waals surface area contributed by atoms with E-state index < -0.39 is 0 Å². The van der Waals surface area contributed by atoms with E-state index in [0.717, 1.165) is 6.42 Å². The van der Waals surface area contributed by atoms with Crippen LogP contribution in [0, 0.1) is 0 Å². The molecular weight excluding hydrogens is 338 g/mol. The Bertz CT molecular complexity index is 529. The Labute approximate surface area is 133 Å². The van der Waals surface area contributed by atoms with Crippen molar-refractivity contribution >= 4 is 28.1 Å². The zero-order chi connectivity index (χ0) is 16.0. The highest BCUT2D eigenvalue weighted by atomic mass is 79.9. The molecule has 0 bridgehead atoms. The Hall–Kier alpha value is -1.56. The number of carbonyl (C=O) groups is 2. The first-order chi connectivity index (χ1) is 9.82. The molecule has 0 atom stereocenters. The minimum absolute atomic E-state index is 0.139. The standard InChI is InChI=1S/C15H20BrNO4/c1-5-15(2,3)17-14(19)9-21-13-6-10(8-18)11(16)7-12(13)20-4/h6-8H,5,9H2,1-4H3,(H,17,19). The second-order valence-electron chi connectivity index (χ2n) is 5.22. The van der Waals surface area contributed by atoms with Gasteiger partial charge in [-0.3, -0.25) is 9.59 Å². The van der Waals surface area contributed by atoms with Gasteiger partial charge in [0.1, 0.15) is 0 Å². The Morgan fingerprint density at radius 3 is 2.57 bits per heavy atom. The average molecular weight is 358 g/mol. The van der Waals surface area contributed by atoms with E-state index in [1.807, 2.05) is 20.8 Å². The number of methoxy groups -OCH3 is 1. The molecule has 6 heteroatoms. The van der Waals surface area contributed by atoms with Crippen molar-refractivity contribution < 1.29 is 19.1 Å². The maximum absolute atomic E-state index is 11.9. The Morgan fingerprint density at radius 2 is 2.05 bits per heavy atom. The fraction of sp³-hybridized carbons (Fsp3) is 0.467. The SMILES string of the molecule is CCC(C)(C)NC(=O)COc1cc(C=O)c(Br)cc1OC. The van der Waals surface area contributed by atoms with Crippen LogP contribution in [0.2, 0.25) is 0 Å². The number of carbonyl (C=O) groups excluding carboxylic acids is 2. The number of benzene rings is 1. The maximum atomic E-state index is 11.9. The highest BCUT2D eigenvalue weighted by Crippen LogP contribution is 2.32. The summed E-state index contributed by atoms with van der Waals surface area (Å²) < 4.78 is 11.2. The molecule has 1 rings (SSSR count). The van der Waals surface area contributed by atoms with Gasteiger partial charge in [-0.1, -0.05) is 6.92 Å². The van der Waals surface area contributed by atoms with E-state index >= 15 is 0 Å². The van der Waals surface area contributed by atoms with Crippen molar-refractivity contribution in [3.63, 3.8) is 0 Å². The highest BCUT2D eigenvalue weighted by Gasteiger charge is 2.18. The summed E-state index contributed by atoms with van der Waals surface area (Å²) in [6.45, 7) is 5.74. The van der Waals surface area contributed by atoms with Crippen molar-refractivity contribution in [2.45, 2.75) is 32.7 Å². The first-order valence-corrected chi connectivity index (χ1v) is 7.38. The van der Waals surface area contributed by atoms with Crippen molar-refractivity contribution in [1.82, 2.24) is 5.32 Å². The lowest BCUT2D eigenvalue weighted by molar-refractivity contribution is -0.124. The number of rotatable bonds is 7. The summed E-state index contributed by atoms with van der Waals surface area (Å²) in [5.74, 6) is 0.585. The number of aldehydes is 1. The van der Waals surface area contributed by atoms with Gasteiger partial charge in [0, 0.05) is 15.6 Å². The third kappa shape index (κ3) is 5.04. The van der Waals surface area contributed by atoms with Gasteiger partial charge in [0.05, 0.1) is 7.11 Å². The summed E-state index contributed by atoms with van der Waals surface area (Å²) >= 11 is 3.27. The molecule has 0 unspecified atom stereocenters. The molecule has 0 saturated carbocycles. The molecule has 1 aromatic rings. The summed E-state index contributed by atoms with van der Waals surface area (Å²) in [5.41, 5.74) is 0.151. The van der Waals surface area contributed by atoms with Crippen LogP contribution in [-0.4, -0.2) is 31.4 Å². The first-order valence-electron chi connectivity index (χ1n) is 6.59. The number of halogens is 1. The van der Waals surface area contributed by atoms with E-state index in [4.69, 9.17) is 9.47 Å². The van der Waals surface area contributed by atoms with Gasteiger partial charge in [0.25, 0.3) is 5.91 Å². The Morgan fingerprint density at radius 1 is 1.38 bits per heavy atom. The fourth-order valence-electron chi connectivity index (χ4n) is 1.56. The molecule has 116 valence electrons. The number of nitrogens with one attached hydrogen (secondary N) is 1. The number of amides is 1. The largest absolute Gasteiger partial charge is 0.493 e. The molecule has 0 aliphatic heterocycles. The van der Waals surface area contributed by atoms with Crippen molar-refractivity contribution in [3.05, 3.63) is 22.2 Å². The van der Waals surface area contributed by atoms with Gasteiger partial charge < -0.3 is 14.8 Å². The van der Waals surface area contributed by atoms with Gasteiger partial charge in [0.2, 0.25) is 0 Å². The normalized spacial score (nSPS) is 10.9. The van der Waals surface area contributed by atoms with E-state index in [2.05, 4.69) is 21.2 Å². The number of hydrogen-bond donors (Lipinski definition) is 1. The third-order valence-electron chi connectivity index (χ3n) is 3.13. The van der Waals surface area contributed by atoms with E-state index in [9.17, 15) is 9.59 Å². The van der Waals surface area contributed by atoms with Gasteiger partial charge in [-0.2, -0.15) is 0 Å². The van der Waals surface area contributed by atoms with Gasteiger partial charge >= 0.3 is 0 Å². The lowest BCUT2D eigenvalue weighted by Gasteiger charge is -2.24. The zero-order valence-corrected chi connectivity index (χ0v) is 14.2. The third-order valence-corrected chi connectivity index (χ3v) is 3.82. The summed E-state index contributed by atoms with van der Waals surface area (Å²) in [7, 11) is 1.50.